The van der Waals surface area contributed by atoms with Crippen LogP contribution in [0.4, 0.5) is 4.79 Å². The summed E-state index contributed by atoms with van der Waals surface area (Å²) in [4.78, 5) is 26.6. The van der Waals surface area contributed by atoms with E-state index < -0.39 is 14.4 Å². The van der Waals surface area contributed by atoms with Gasteiger partial charge in [-0.2, -0.15) is 0 Å². The van der Waals surface area contributed by atoms with Crippen molar-refractivity contribution in [3.63, 3.8) is 0 Å². The molecule has 30 heavy (non-hydrogen) atoms. The van der Waals surface area contributed by atoms with Crippen molar-refractivity contribution in [3.05, 3.63) is 35.9 Å². The van der Waals surface area contributed by atoms with Gasteiger partial charge in [0, 0.05) is 19.7 Å². The monoisotopic (exact) mass is 435 g/mol. The molecule has 1 saturated heterocycles. The molecule has 168 valence electrons. The Kier molecular flexibility index (Phi) is 8.11. The highest BCUT2D eigenvalue weighted by atomic mass is 28.4. The predicted molar refractivity (Wildman–Crippen MR) is 120 cm³/mol. The summed E-state index contributed by atoms with van der Waals surface area (Å²) in [7, 11) is -0.491. The lowest BCUT2D eigenvalue weighted by atomic mass is 9.85. The van der Waals surface area contributed by atoms with Crippen molar-refractivity contribution in [3.8, 4) is 0 Å². The number of carbonyl (C=O) groups excluding carboxylic acids is 2. The van der Waals surface area contributed by atoms with Crippen molar-refractivity contribution in [2.24, 2.45) is 17.8 Å². The second-order valence-corrected chi connectivity index (χ2v) is 14.6. The minimum atomic E-state index is -1.89. The fraction of sp³-hybridized carbons (Fsp3) is 0.652. The van der Waals surface area contributed by atoms with Crippen LogP contribution in [0.25, 0.3) is 0 Å². The third-order valence-electron chi connectivity index (χ3n) is 6.58. The van der Waals surface area contributed by atoms with Gasteiger partial charge in [-0.05, 0) is 35.5 Å². The Hall–Kier alpha value is -1.86. The third-order valence-corrected chi connectivity index (χ3v) is 11.1. The predicted octanol–water partition coefficient (Wildman–Crippen LogP) is 4.70. The van der Waals surface area contributed by atoms with Gasteiger partial charge in [0.05, 0.1) is 13.0 Å². The maximum Gasteiger partial charge on any atom is 0.410 e. The summed E-state index contributed by atoms with van der Waals surface area (Å²) < 4.78 is 16.9. The van der Waals surface area contributed by atoms with E-state index in [2.05, 4.69) is 40.8 Å². The van der Waals surface area contributed by atoms with E-state index in [9.17, 15) is 9.59 Å². The molecule has 1 heterocycles. The van der Waals surface area contributed by atoms with E-state index in [0.717, 1.165) is 5.56 Å². The van der Waals surface area contributed by atoms with Crippen LogP contribution in [-0.4, -0.2) is 52.1 Å². The summed E-state index contributed by atoms with van der Waals surface area (Å²) >= 11 is 0. The summed E-state index contributed by atoms with van der Waals surface area (Å²) in [6.07, 6.45) is -0.396. The van der Waals surface area contributed by atoms with Gasteiger partial charge in [0.15, 0.2) is 8.32 Å². The summed E-state index contributed by atoms with van der Waals surface area (Å²) in [5, 5.41) is 0.122. The van der Waals surface area contributed by atoms with E-state index in [4.69, 9.17) is 13.9 Å². The first kappa shape index (κ1) is 24.4. The normalized spacial score (nSPS) is 20.7. The van der Waals surface area contributed by atoms with E-state index in [1.807, 2.05) is 30.3 Å². The van der Waals surface area contributed by atoms with Gasteiger partial charge in [-0.25, -0.2) is 4.79 Å². The zero-order valence-electron chi connectivity index (χ0n) is 19.4. The Bertz CT molecular complexity index is 716. The number of carbonyl (C=O) groups is 2. The zero-order valence-corrected chi connectivity index (χ0v) is 20.4. The molecule has 1 amide bonds. The molecule has 1 fully saturated rings. The number of amides is 1. The Morgan fingerprint density at radius 2 is 1.80 bits per heavy atom. The van der Waals surface area contributed by atoms with Crippen molar-refractivity contribution in [1.29, 1.82) is 0 Å². The van der Waals surface area contributed by atoms with Crippen molar-refractivity contribution in [2.75, 3.05) is 26.8 Å². The van der Waals surface area contributed by atoms with Crippen LogP contribution in [0.2, 0.25) is 18.1 Å². The van der Waals surface area contributed by atoms with E-state index >= 15 is 0 Å². The molecule has 1 aliphatic rings. The van der Waals surface area contributed by atoms with Crippen LogP contribution in [-0.2, 0) is 25.3 Å². The first-order valence-electron chi connectivity index (χ1n) is 10.6. The minimum Gasteiger partial charge on any atom is -0.469 e. The van der Waals surface area contributed by atoms with Crippen LogP contribution in [0.15, 0.2) is 30.3 Å². The highest BCUT2D eigenvalue weighted by Crippen LogP contribution is 2.38. The fourth-order valence-electron chi connectivity index (χ4n) is 3.45. The Balaban J connectivity index is 2.01. The number of hydrogen-bond donors (Lipinski definition) is 0. The molecule has 0 bridgehead atoms. The molecule has 0 radical (unpaired) electrons. The minimum absolute atomic E-state index is 0.0218. The lowest BCUT2D eigenvalue weighted by Gasteiger charge is -2.37. The summed E-state index contributed by atoms with van der Waals surface area (Å²) in [5.41, 5.74) is 0.933. The van der Waals surface area contributed by atoms with Gasteiger partial charge in [-0.1, -0.05) is 58.0 Å². The molecule has 0 aromatic heterocycles. The molecule has 2 rings (SSSR count). The third kappa shape index (κ3) is 6.08. The first-order valence-corrected chi connectivity index (χ1v) is 13.5. The largest absolute Gasteiger partial charge is 0.469 e. The Morgan fingerprint density at radius 1 is 1.17 bits per heavy atom. The highest BCUT2D eigenvalue weighted by Gasteiger charge is 2.44. The van der Waals surface area contributed by atoms with Crippen LogP contribution in [0, 0.1) is 17.8 Å². The van der Waals surface area contributed by atoms with E-state index in [-0.39, 0.29) is 35.4 Å². The van der Waals surface area contributed by atoms with Crippen LogP contribution in [0.5, 0.6) is 0 Å². The fourth-order valence-corrected chi connectivity index (χ4v) is 4.56. The molecule has 7 heteroatoms. The molecule has 2 unspecified atom stereocenters. The van der Waals surface area contributed by atoms with Crippen LogP contribution in [0.1, 0.15) is 33.3 Å². The molecule has 6 nitrogen and oxygen atoms in total. The zero-order chi connectivity index (χ0) is 22.5. The molecule has 0 N–H and O–H groups in total. The molecule has 0 aliphatic carbocycles. The van der Waals surface area contributed by atoms with Crippen LogP contribution < -0.4 is 0 Å². The molecule has 1 aliphatic heterocycles. The number of esters is 1. The van der Waals surface area contributed by atoms with Gasteiger partial charge in [-0.15, -0.1) is 0 Å². The quantitative estimate of drug-likeness (QED) is 0.459. The summed E-state index contributed by atoms with van der Waals surface area (Å²) in [6, 6.07) is 9.57. The number of benzene rings is 1. The molecule has 3 atom stereocenters. The SMILES string of the molecule is COC(=O)C1CN(C(=O)OCc2ccccc2)CC1[C@@H](C)CO[Si](C)(C)C(C)(C)C. The number of nitrogens with zero attached hydrogens (tertiary/aromatic N) is 1. The standard InChI is InChI=1S/C23H37NO5Si/c1-17(15-29-30(6,7)23(2,3)4)19-13-24(14-20(19)21(25)27-5)22(26)28-16-18-11-9-8-10-12-18/h8-12,17,19-20H,13-16H2,1-7H3/t17-,19?,20?/m0/s1. The summed E-state index contributed by atoms with van der Waals surface area (Å²) in [6.45, 7) is 14.7. The maximum atomic E-state index is 12.6. The number of methoxy groups -OCH3 is 1. The van der Waals surface area contributed by atoms with Crippen molar-refractivity contribution in [1.82, 2.24) is 4.90 Å². The number of hydrogen-bond acceptors (Lipinski definition) is 5. The Labute approximate surface area is 182 Å². The average molecular weight is 436 g/mol. The van der Waals surface area contributed by atoms with Crippen LogP contribution >= 0.6 is 0 Å². The number of ether oxygens (including phenoxy) is 2. The highest BCUT2D eigenvalue weighted by molar-refractivity contribution is 6.74. The summed E-state index contributed by atoms with van der Waals surface area (Å²) in [5.74, 6) is -0.545. The first-order chi connectivity index (χ1) is 14.0. The molecular weight excluding hydrogens is 398 g/mol. The van der Waals surface area contributed by atoms with E-state index in [0.29, 0.717) is 19.7 Å². The van der Waals surface area contributed by atoms with Gasteiger partial charge in [0.1, 0.15) is 6.61 Å². The Morgan fingerprint density at radius 3 is 2.37 bits per heavy atom. The lowest BCUT2D eigenvalue weighted by Crippen LogP contribution is -2.43. The average Bonchev–Trinajstić information content (AvgIpc) is 3.15. The smallest absolute Gasteiger partial charge is 0.410 e. The van der Waals surface area contributed by atoms with Gasteiger partial charge in [0.2, 0.25) is 0 Å². The second kappa shape index (κ2) is 9.96. The maximum absolute atomic E-state index is 12.6. The van der Waals surface area contributed by atoms with Gasteiger partial charge < -0.3 is 18.8 Å². The lowest BCUT2D eigenvalue weighted by molar-refractivity contribution is -0.146. The molecule has 0 spiro atoms. The van der Waals surface area contributed by atoms with Crippen molar-refractivity contribution < 1.29 is 23.5 Å². The van der Waals surface area contributed by atoms with Gasteiger partial charge in [0.25, 0.3) is 0 Å². The van der Waals surface area contributed by atoms with Crippen molar-refractivity contribution in [2.45, 2.75) is 52.4 Å². The number of rotatable bonds is 7. The number of likely N-dealkylation sites (tertiary alicyclic amines) is 1. The second-order valence-electron chi connectivity index (χ2n) is 9.79. The van der Waals surface area contributed by atoms with Crippen molar-refractivity contribution >= 4 is 20.4 Å². The molecule has 1 aromatic carbocycles. The van der Waals surface area contributed by atoms with E-state index in [1.54, 1.807) is 4.90 Å². The molecular formula is C23H37NO5Si. The van der Waals surface area contributed by atoms with Crippen LogP contribution in [0.3, 0.4) is 0 Å². The molecule has 0 saturated carbocycles. The molecule has 1 aromatic rings. The van der Waals surface area contributed by atoms with E-state index in [1.165, 1.54) is 7.11 Å². The topological polar surface area (TPSA) is 65.1 Å². The van der Waals surface area contributed by atoms with Gasteiger partial charge >= 0.3 is 12.1 Å². The van der Waals surface area contributed by atoms with Gasteiger partial charge in [-0.3, -0.25) is 4.79 Å².